The number of anilines is 1. The van der Waals surface area contributed by atoms with Crippen molar-refractivity contribution in [3.63, 3.8) is 0 Å². The van der Waals surface area contributed by atoms with Gasteiger partial charge in [-0.1, -0.05) is 18.2 Å². The highest BCUT2D eigenvalue weighted by molar-refractivity contribution is 7.89. The fraction of sp³-hybridized carbons (Fsp3) is 0.333. The van der Waals surface area contributed by atoms with E-state index in [2.05, 4.69) is 15.2 Å². The van der Waals surface area contributed by atoms with Crippen molar-refractivity contribution in [2.24, 2.45) is 0 Å². The summed E-state index contributed by atoms with van der Waals surface area (Å²) in [5.41, 5.74) is 1.41. The van der Waals surface area contributed by atoms with Crippen LogP contribution in [0, 0.1) is 5.82 Å². The third-order valence-corrected chi connectivity index (χ3v) is 10.3. The van der Waals surface area contributed by atoms with E-state index >= 15 is 0 Å². The van der Waals surface area contributed by atoms with Crippen molar-refractivity contribution in [1.29, 1.82) is 0 Å². The first-order valence-corrected chi connectivity index (χ1v) is 16.9. The van der Waals surface area contributed by atoms with Crippen LogP contribution in [0.25, 0.3) is 11.3 Å². The molecule has 2 saturated heterocycles. The number of pyridine rings is 1. The van der Waals surface area contributed by atoms with Crippen LogP contribution in [0.3, 0.4) is 0 Å². The highest BCUT2D eigenvalue weighted by Crippen LogP contribution is 2.31. The van der Waals surface area contributed by atoms with Crippen LogP contribution in [-0.4, -0.2) is 77.2 Å². The van der Waals surface area contributed by atoms with Crippen molar-refractivity contribution in [1.82, 2.24) is 29.5 Å². The summed E-state index contributed by atoms with van der Waals surface area (Å²) in [4.78, 5) is 31.3. The molecule has 2 aliphatic heterocycles. The molecule has 0 aliphatic carbocycles. The molecular weight excluding hydrogens is 650 g/mol. The van der Waals surface area contributed by atoms with Crippen LogP contribution >= 0.6 is 0 Å². The molecule has 10 nitrogen and oxygen atoms in total. The minimum atomic E-state index is -4.49. The third-order valence-electron chi connectivity index (χ3n) is 8.41. The van der Waals surface area contributed by atoms with E-state index in [1.165, 1.54) is 24.3 Å². The number of benzene rings is 2. The van der Waals surface area contributed by atoms with Crippen LogP contribution in [0.1, 0.15) is 29.8 Å². The number of hydrogen-bond donors (Lipinski definition) is 1. The molecule has 1 amide bonds. The first-order valence-electron chi connectivity index (χ1n) is 15.5. The van der Waals surface area contributed by atoms with E-state index < -0.39 is 39.5 Å². The minimum absolute atomic E-state index is 0.0669. The Bertz CT molecular complexity index is 1840. The SMILES string of the molecule is O=C(NCc1cc(-c2ccc(C(F)(F)F)cc2)nc(N2CCN(Cc3ccccn3)CC2)n1)[C@@H]1CCCN1S(=O)(=O)c1ccc(F)cc1. The van der Waals surface area contributed by atoms with Crippen LogP contribution in [-0.2, 0) is 34.1 Å². The second-order valence-electron chi connectivity index (χ2n) is 11.6. The number of amides is 1. The number of alkyl halides is 3. The summed E-state index contributed by atoms with van der Waals surface area (Å²) in [7, 11) is -4.05. The molecule has 0 unspecified atom stereocenters. The first-order chi connectivity index (χ1) is 23.0. The van der Waals surface area contributed by atoms with E-state index in [9.17, 15) is 30.8 Å². The Morgan fingerprint density at radius 3 is 2.29 bits per heavy atom. The lowest BCUT2D eigenvalue weighted by Gasteiger charge is -2.34. The summed E-state index contributed by atoms with van der Waals surface area (Å²) >= 11 is 0. The Kier molecular flexibility index (Phi) is 9.71. The van der Waals surface area contributed by atoms with Gasteiger partial charge in [-0.05, 0) is 67.4 Å². The van der Waals surface area contributed by atoms with Crippen molar-refractivity contribution in [2.45, 2.75) is 43.0 Å². The van der Waals surface area contributed by atoms with Gasteiger partial charge in [-0.25, -0.2) is 22.8 Å². The van der Waals surface area contributed by atoms with E-state index in [1.807, 2.05) is 23.1 Å². The Hall–Kier alpha value is -4.47. The molecule has 4 aromatic rings. The first kappa shape index (κ1) is 33.4. The van der Waals surface area contributed by atoms with Gasteiger partial charge >= 0.3 is 6.18 Å². The second-order valence-corrected chi connectivity index (χ2v) is 13.5. The number of carbonyl (C=O) groups is 1. The van der Waals surface area contributed by atoms with E-state index in [0.29, 0.717) is 68.5 Å². The zero-order chi connectivity index (χ0) is 33.9. The van der Waals surface area contributed by atoms with E-state index in [0.717, 1.165) is 34.3 Å². The van der Waals surface area contributed by atoms with Gasteiger partial charge in [0.05, 0.1) is 34.1 Å². The lowest BCUT2D eigenvalue weighted by Crippen LogP contribution is -2.47. The molecular formula is C33H33F4N7O3S. The smallest absolute Gasteiger partial charge is 0.349 e. The molecule has 252 valence electrons. The Balaban J connectivity index is 1.20. The maximum atomic E-state index is 13.4. The number of aromatic nitrogens is 3. The second kappa shape index (κ2) is 13.9. The average Bonchev–Trinajstić information content (AvgIpc) is 3.59. The predicted octanol–water partition coefficient (Wildman–Crippen LogP) is 4.49. The molecule has 2 aliphatic rings. The molecule has 1 N–H and O–H groups in total. The van der Waals surface area contributed by atoms with Gasteiger partial charge in [0.2, 0.25) is 21.9 Å². The van der Waals surface area contributed by atoms with Gasteiger partial charge in [0.15, 0.2) is 0 Å². The van der Waals surface area contributed by atoms with Crippen LogP contribution in [0.4, 0.5) is 23.5 Å². The summed E-state index contributed by atoms with van der Waals surface area (Å²) in [5.74, 6) is -0.719. The molecule has 1 atom stereocenters. The van der Waals surface area contributed by atoms with Crippen molar-refractivity contribution >= 4 is 21.9 Å². The standard InChI is InChI=1S/C33H33F4N7O3S/c34-25-10-12-28(13-11-25)48(46,47)44-15-3-5-30(44)31(45)39-21-27-20-29(23-6-8-24(9-7-23)33(35,36)37)41-32(40-27)43-18-16-42(17-19-43)22-26-4-1-2-14-38-26/h1-2,4,6-14,20,30H,3,5,15-19,21-22H2,(H,39,45)/t30-/m0/s1. The normalized spacial score (nSPS) is 17.8. The van der Waals surface area contributed by atoms with Crippen LogP contribution < -0.4 is 10.2 Å². The summed E-state index contributed by atoms with van der Waals surface area (Å²) < 4.78 is 80.9. The molecule has 2 aromatic heterocycles. The summed E-state index contributed by atoms with van der Waals surface area (Å²) in [6.45, 7) is 3.35. The lowest BCUT2D eigenvalue weighted by atomic mass is 10.1. The number of halogens is 4. The van der Waals surface area contributed by atoms with Gasteiger partial charge in [0.25, 0.3) is 0 Å². The zero-order valence-corrected chi connectivity index (χ0v) is 26.6. The molecule has 6 rings (SSSR count). The van der Waals surface area contributed by atoms with Crippen molar-refractivity contribution in [3.8, 4) is 11.3 Å². The third kappa shape index (κ3) is 7.63. The van der Waals surface area contributed by atoms with Gasteiger partial charge in [-0.15, -0.1) is 0 Å². The number of piperazine rings is 1. The van der Waals surface area contributed by atoms with Gasteiger partial charge < -0.3 is 10.2 Å². The summed E-state index contributed by atoms with van der Waals surface area (Å²) in [6, 6.07) is 15.5. The number of nitrogens with zero attached hydrogens (tertiary/aromatic N) is 6. The van der Waals surface area contributed by atoms with Gasteiger partial charge in [0, 0.05) is 51.0 Å². The quantitative estimate of drug-likeness (QED) is 0.257. The molecule has 0 spiro atoms. The van der Waals surface area contributed by atoms with Gasteiger partial charge in [-0.2, -0.15) is 17.5 Å². The minimum Gasteiger partial charge on any atom is -0.349 e. The maximum absolute atomic E-state index is 13.4. The highest BCUT2D eigenvalue weighted by Gasteiger charge is 2.39. The summed E-state index contributed by atoms with van der Waals surface area (Å²) in [6.07, 6.45) is -1.96. The molecule has 4 heterocycles. The fourth-order valence-corrected chi connectivity index (χ4v) is 7.50. The number of rotatable bonds is 9. The van der Waals surface area contributed by atoms with E-state index in [1.54, 1.807) is 12.3 Å². The van der Waals surface area contributed by atoms with E-state index in [4.69, 9.17) is 9.97 Å². The highest BCUT2D eigenvalue weighted by atomic mass is 32.2. The molecule has 2 fully saturated rings. The monoisotopic (exact) mass is 683 g/mol. The molecule has 48 heavy (non-hydrogen) atoms. The lowest BCUT2D eigenvalue weighted by molar-refractivity contribution is -0.137. The summed E-state index contributed by atoms with van der Waals surface area (Å²) in [5, 5.41) is 2.80. The maximum Gasteiger partial charge on any atom is 0.416 e. The molecule has 0 bridgehead atoms. The predicted molar refractivity (Wildman–Crippen MR) is 169 cm³/mol. The molecule has 0 saturated carbocycles. The van der Waals surface area contributed by atoms with Crippen LogP contribution in [0.15, 0.2) is 83.9 Å². The van der Waals surface area contributed by atoms with Gasteiger partial charge in [-0.3, -0.25) is 14.7 Å². The molecule has 2 aromatic carbocycles. The van der Waals surface area contributed by atoms with Crippen LogP contribution in [0.2, 0.25) is 0 Å². The number of sulfonamides is 1. The van der Waals surface area contributed by atoms with Crippen molar-refractivity contribution < 1.29 is 30.8 Å². The van der Waals surface area contributed by atoms with Gasteiger partial charge in [0.1, 0.15) is 11.9 Å². The largest absolute Gasteiger partial charge is 0.416 e. The average molecular weight is 684 g/mol. The van der Waals surface area contributed by atoms with Crippen LogP contribution in [0.5, 0.6) is 0 Å². The van der Waals surface area contributed by atoms with Crippen molar-refractivity contribution in [3.05, 3.63) is 102 Å². The molecule has 0 radical (unpaired) electrons. The number of nitrogens with one attached hydrogen (secondary N) is 1. The number of carbonyl (C=O) groups excluding carboxylic acids is 1. The molecule has 15 heteroatoms. The number of hydrogen-bond acceptors (Lipinski definition) is 8. The Morgan fingerprint density at radius 1 is 0.896 bits per heavy atom. The zero-order valence-electron chi connectivity index (χ0n) is 25.8. The van der Waals surface area contributed by atoms with E-state index in [-0.39, 0.29) is 18.0 Å². The Morgan fingerprint density at radius 2 is 1.62 bits per heavy atom. The topological polar surface area (TPSA) is 112 Å². The van der Waals surface area contributed by atoms with Crippen molar-refractivity contribution in [2.75, 3.05) is 37.6 Å². The Labute approximate surface area is 275 Å². The fourth-order valence-electron chi connectivity index (χ4n) is 5.85.